The van der Waals surface area contributed by atoms with Gasteiger partial charge in [-0.1, -0.05) is 6.07 Å². The summed E-state index contributed by atoms with van der Waals surface area (Å²) in [4.78, 5) is 13.1. The summed E-state index contributed by atoms with van der Waals surface area (Å²) < 4.78 is 43.5. The first-order chi connectivity index (χ1) is 15.3. The average Bonchev–Trinajstić information content (AvgIpc) is 3.34. The van der Waals surface area contributed by atoms with E-state index in [-0.39, 0.29) is 11.9 Å². The van der Waals surface area contributed by atoms with Crippen molar-refractivity contribution < 1.29 is 18.0 Å². The number of carbonyl (C=O) groups excluding carboxylic acids is 1. The Labute approximate surface area is 184 Å². The van der Waals surface area contributed by atoms with E-state index in [0.29, 0.717) is 11.3 Å². The number of halogens is 3. The third kappa shape index (κ3) is 3.61. The number of carbonyl (C=O) groups is 1. The molecule has 32 heavy (non-hydrogen) atoms. The van der Waals surface area contributed by atoms with Crippen LogP contribution < -0.4 is 5.32 Å². The first kappa shape index (κ1) is 20.8. The van der Waals surface area contributed by atoms with E-state index in [9.17, 15) is 18.0 Å². The topological polar surface area (TPSA) is 51.9 Å². The predicted molar refractivity (Wildman–Crippen MR) is 114 cm³/mol. The Morgan fingerprint density at radius 3 is 2.75 bits per heavy atom. The van der Waals surface area contributed by atoms with Gasteiger partial charge >= 0.3 is 6.18 Å². The molecule has 5 nitrogen and oxygen atoms in total. The van der Waals surface area contributed by atoms with E-state index in [2.05, 4.69) is 10.4 Å². The molecule has 5 rings (SSSR count). The van der Waals surface area contributed by atoms with Gasteiger partial charge in [0.05, 0.1) is 29.1 Å². The molecule has 3 heterocycles. The number of hydrogen-bond donors (Lipinski definition) is 1. The molecule has 0 saturated carbocycles. The maximum atomic E-state index is 13.2. The van der Waals surface area contributed by atoms with E-state index >= 15 is 0 Å². The third-order valence-electron chi connectivity index (χ3n) is 6.57. The molecule has 1 aliphatic heterocycles. The molecule has 0 bridgehead atoms. The number of amides is 1. The van der Waals surface area contributed by atoms with Crippen LogP contribution in [0.25, 0.3) is 5.69 Å². The summed E-state index contributed by atoms with van der Waals surface area (Å²) in [5.41, 5.74) is 4.27. The molecule has 1 aliphatic carbocycles. The number of aryl methyl sites for hydroxylation is 2. The molecule has 1 aromatic carbocycles. The van der Waals surface area contributed by atoms with E-state index in [1.807, 2.05) is 22.2 Å². The number of fused-ring (bicyclic) bond motifs is 2. The zero-order valence-electron chi connectivity index (χ0n) is 17.9. The molecule has 1 unspecified atom stereocenters. The normalized spacial score (nSPS) is 18.2. The summed E-state index contributed by atoms with van der Waals surface area (Å²) in [6, 6.07) is 7.24. The van der Waals surface area contributed by atoms with Gasteiger partial charge in [0.15, 0.2) is 0 Å². The zero-order chi connectivity index (χ0) is 22.5. The Morgan fingerprint density at radius 2 is 1.94 bits per heavy atom. The van der Waals surface area contributed by atoms with Gasteiger partial charge in [-0.15, -0.1) is 0 Å². The molecule has 0 radical (unpaired) electrons. The van der Waals surface area contributed by atoms with Crippen LogP contribution in [0.2, 0.25) is 0 Å². The molecule has 0 fully saturated rings. The van der Waals surface area contributed by atoms with Crippen molar-refractivity contribution in [3.05, 3.63) is 70.3 Å². The summed E-state index contributed by atoms with van der Waals surface area (Å²) in [6.45, 7) is 2.74. The number of nitrogens with one attached hydrogen (secondary N) is 1. The molecule has 168 valence electrons. The van der Waals surface area contributed by atoms with Crippen molar-refractivity contribution in [3.8, 4) is 5.69 Å². The highest BCUT2D eigenvalue weighted by molar-refractivity contribution is 5.95. The van der Waals surface area contributed by atoms with E-state index in [1.54, 1.807) is 12.3 Å². The SMILES string of the molecule is Cc1cc2c(n1-c1cccc(C(F)(F)F)c1)CCCC2NC(=O)c1cnn2c1CCCC2. The third-order valence-corrected chi connectivity index (χ3v) is 6.57. The predicted octanol–water partition coefficient (Wildman–Crippen LogP) is 5.14. The van der Waals surface area contributed by atoms with Gasteiger partial charge in [-0.25, -0.2) is 0 Å². The maximum Gasteiger partial charge on any atom is 0.416 e. The van der Waals surface area contributed by atoms with Crippen LogP contribution in [0.5, 0.6) is 0 Å². The Kier molecular flexibility index (Phi) is 5.10. The van der Waals surface area contributed by atoms with Crippen LogP contribution in [0.15, 0.2) is 36.5 Å². The summed E-state index contributed by atoms with van der Waals surface area (Å²) in [5, 5.41) is 7.53. The Morgan fingerprint density at radius 1 is 1.12 bits per heavy atom. The van der Waals surface area contributed by atoms with E-state index < -0.39 is 11.7 Å². The van der Waals surface area contributed by atoms with Crippen LogP contribution in [0, 0.1) is 6.92 Å². The van der Waals surface area contributed by atoms with Gasteiger partial charge in [-0.05, 0) is 75.3 Å². The minimum Gasteiger partial charge on any atom is -0.345 e. The highest BCUT2D eigenvalue weighted by Gasteiger charge is 2.32. The van der Waals surface area contributed by atoms with Crippen LogP contribution in [-0.2, 0) is 25.6 Å². The lowest BCUT2D eigenvalue weighted by Crippen LogP contribution is -2.31. The fourth-order valence-corrected chi connectivity index (χ4v) is 5.08. The van der Waals surface area contributed by atoms with Crippen LogP contribution >= 0.6 is 0 Å². The quantitative estimate of drug-likeness (QED) is 0.610. The van der Waals surface area contributed by atoms with Gasteiger partial charge in [0.2, 0.25) is 0 Å². The summed E-state index contributed by atoms with van der Waals surface area (Å²) >= 11 is 0. The van der Waals surface area contributed by atoms with Crippen molar-refractivity contribution in [1.29, 1.82) is 0 Å². The molecule has 8 heteroatoms. The van der Waals surface area contributed by atoms with E-state index in [0.717, 1.165) is 73.8 Å². The summed E-state index contributed by atoms with van der Waals surface area (Å²) in [5.74, 6) is -0.129. The van der Waals surface area contributed by atoms with Gasteiger partial charge in [-0.3, -0.25) is 9.48 Å². The number of alkyl halides is 3. The Balaban J connectivity index is 1.45. The second-order valence-electron chi connectivity index (χ2n) is 8.67. The number of rotatable bonds is 3. The fourth-order valence-electron chi connectivity index (χ4n) is 5.08. The Bertz CT molecular complexity index is 1170. The van der Waals surface area contributed by atoms with Crippen molar-refractivity contribution in [2.75, 3.05) is 0 Å². The van der Waals surface area contributed by atoms with E-state index in [4.69, 9.17) is 0 Å². The van der Waals surface area contributed by atoms with Crippen LogP contribution in [0.4, 0.5) is 13.2 Å². The molecular formula is C24H25F3N4O. The smallest absolute Gasteiger partial charge is 0.345 e. The largest absolute Gasteiger partial charge is 0.416 e. The van der Waals surface area contributed by atoms with Crippen molar-refractivity contribution >= 4 is 5.91 Å². The van der Waals surface area contributed by atoms with Gasteiger partial charge in [0, 0.05) is 23.6 Å². The van der Waals surface area contributed by atoms with Crippen molar-refractivity contribution in [2.45, 2.75) is 64.2 Å². The molecule has 1 N–H and O–H groups in total. The standard InChI is InChI=1S/C24H25F3N4O/c1-15-12-18-20(29-23(32)19-14-28-30-11-3-2-9-21(19)30)8-5-10-22(18)31(15)17-7-4-6-16(13-17)24(25,26)27/h4,6-7,12-14,20H,2-3,5,8-11H2,1H3,(H,29,32). The molecule has 0 spiro atoms. The fraction of sp³-hybridized carbons (Fsp3) is 0.417. The Hall–Kier alpha value is -3.03. The molecule has 2 aromatic heterocycles. The zero-order valence-corrected chi connectivity index (χ0v) is 17.9. The number of benzene rings is 1. The molecule has 3 aromatic rings. The second-order valence-corrected chi connectivity index (χ2v) is 8.67. The summed E-state index contributed by atoms with van der Waals surface area (Å²) in [7, 11) is 0. The van der Waals surface area contributed by atoms with Gasteiger partial charge in [-0.2, -0.15) is 18.3 Å². The molecule has 1 atom stereocenters. The van der Waals surface area contributed by atoms with Gasteiger partial charge in [0.1, 0.15) is 0 Å². The van der Waals surface area contributed by atoms with Gasteiger partial charge in [0.25, 0.3) is 5.91 Å². The highest BCUT2D eigenvalue weighted by Crippen LogP contribution is 2.36. The van der Waals surface area contributed by atoms with Crippen molar-refractivity contribution in [3.63, 3.8) is 0 Å². The lowest BCUT2D eigenvalue weighted by atomic mass is 9.92. The van der Waals surface area contributed by atoms with Crippen molar-refractivity contribution in [1.82, 2.24) is 19.7 Å². The van der Waals surface area contributed by atoms with Crippen LogP contribution in [0.3, 0.4) is 0 Å². The molecule has 0 saturated heterocycles. The minimum absolute atomic E-state index is 0.129. The number of aromatic nitrogens is 3. The molecule has 1 amide bonds. The number of nitrogens with zero attached hydrogens (tertiary/aromatic N) is 3. The second kappa shape index (κ2) is 7.83. The number of hydrogen-bond acceptors (Lipinski definition) is 2. The molecular weight excluding hydrogens is 417 g/mol. The van der Waals surface area contributed by atoms with Crippen molar-refractivity contribution in [2.24, 2.45) is 0 Å². The first-order valence-corrected chi connectivity index (χ1v) is 11.1. The van der Waals surface area contributed by atoms with Crippen LogP contribution in [0.1, 0.15) is 70.3 Å². The highest BCUT2D eigenvalue weighted by atomic mass is 19.4. The monoisotopic (exact) mass is 442 g/mol. The average molecular weight is 442 g/mol. The van der Waals surface area contributed by atoms with E-state index in [1.165, 1.54) is 12.1 Å². The first-order valence-electron chi connectivity index (χ1n) is 11.1. The lowest BCUT2D eigenvalue weighted by molar-refractivity contribution is -0.137. The lowest BCUT2D eigenvalue weighted by Gasteiger charge is -2.26. The van der Waals surface area contributed by atoms with Gasteiger partial charge < -0.3 is 9.88 Å². The summed E-state index contributed by atoms with van der Waals surface area (Å²) in [6.07, 6.45) is 2.65. The molecule has 2 aliphatic rings. The van der Waals surface area contributed by atoms with Crippen LogP contribution in [-0.4, -0.2) is 20.3 Å². The minimum atomic E-state index is -4.39. The maximum absolute atomic E-state index is 13.2.